The van der Waals surface area contributed by atoms with Gasteiger partial charge in [-0.25, -0.2) is 9.48 Å². The summed E-state index contributed by atoms with van der Waals surface area (Å²) < 4.78 is 1.92. The van der Waals surface area contributed by atoms with Gasteiger partial charge in [-0.3, -0.25) is 0 Å². The van der Waals surface area contributed by atoms with Crippen LogP contribution in [0.15, 0.2) is 30.5 Å². The fourth-order valence-corrected chi connectivity index (χ4v) is 2.46. The highest BCUT2D eigenvalue weighted by Gasteiger charge is 2.16. The van der Waals surface area contributed by atoms with E-state index in [0.29, 0.717) is 6.54 Å². The molecule has 5 nitrogen and oxygen atoms in total. The molecule has 1 heterocycles. The number of amides is 2. The fraction of sp³-hybridized carbons (Fsp3) is 0.412. The van der Waals surface area contributed by atoms with Crippen LogP contribution in [0.25, 0.3) is 5.69 Å². The Labute approximate surface area is 131 Å². The molecule has 2 aromatic rings. The van der Waals surface area contributed by atoms with Gasteiger partial charge in [0, 0.05) is 17.8 Å². The van der Waals surface area contributed by atoms with E-state index in [-0.39, 0.29) is 12.1 Å². The lowest BCUT2D eigenvalue weighted by molar-refractivity contribution is 0.238. The van der Waals surface area contributed by atoms with Crippen molar-refractivity contribution in [2.75, 3.05) is 6.54 Å². The summed E-state index contributed by atoms with van der Waals surface area (Å²) in [5.74, 6) is 0. The Balaban J connectivity index is 2.17. The average Bonchev–Trinajstić information content (AvgIpc) is 2.87. The molecule has 0 aliphatic heterocycles. The van der Waals surface area contributed by atoms with Crippen molar-refractivity contribution in [1.82, 2.24) is 20.4 Å². The Bertz CT molecular complexity index is 648. The Morgan fingerprint density at radius 1 is 1.32 bits per heavy atom. The first-order chi connectivity index (χ1) is 10.5. The molecule has 0 aliphatic rings. The Kier molecular flexibility index (Phi) is 5.20. The number of hydrogen-bond acceptors (Lipinski definition) is 2. The molecule has 22 heavy (non-hydrogen) atoms. The number of para-hydroxylation sites is 1. The van der Waals surface area contributed by atoms with E-state index in [2.05, 4.69) is 28.7 Å². The number of benzene rings is 1. The summed E-state index contributed by atoms with van der Waals surface area (Å²) in [4.78, 5) is 11.8. The number of aryl methyl sites for hydroxylation is 1. The number of carbonyl (C=O) groups is 1. The molecule has 1 aromatic carbocycles. The van der Waals surface area contributed by atoms with Crippen molar-refractivity contribution in [1.29, 1.82) is 0 Å². The number of nitrogens with zero attached hydrogens (tertiary/aromatic N) is 2. The third kappa shape index (κ3) is 3.47. The molecule has 0 spiro atoms. The molecule has 1 unspecified atom stereocenters. The maximum atomic E-state index is 11.8. The second kappa shape index (κ2) is 7.11. The van der Waals surface area contributed by atoms with Gasteiger partial charge < -0.3 is 10.6 Å². The van der Waals surface area contributed by atoms with Gasteiger partial charge in [0.25, 0.3) is 0 Å². The SMILES string of the molecule is CCCNC(=O)NC(C)c1cnn(-c2ccccc2C)c1C. The van der Waals surface area contributed by atoms with Gasteiger partial charge in [-0.1, -0.05) is 25.1 Å². The van der Waals surface area contributed by atoms with E-state index in [0.717, 1.165) is 23.4 Å². The van der Waals surface area contributed by atoms with Gasteiger partial charge in [0.05, 0.1) is 17.9 Å². The van der Waals surface area contributed by atoms with E-state index >= 15 is 0 Å². The lowest BCUT2D eigenvalue weighted by Crippen LogP contribution is -2.37. The molecule has 0 fully saturated rings. The summed E-state index contributed by atoms with van der Waals surface area (Å²) >= 11 is 0. The minimum atomic E-state index is -0.141. The highest BCUT2D eigenvalue weighted by atomic mass is 16.2. The van der Waals surface area contributed by atoms with Gasteiger partial charge in [0.2, 0.25) is 0 Å². The molecular weight excluding hydrogens is 276 g/mol. The Morgan fingerprint density at radius 3 is 2.73 bits per heavy atom. The van der Waals surface area contributed by atoms with Crippen molar-refractivity contribution in [3.05, 3.63) is 47.3 Å². The van der Waals surface area contributed by atoms with Gasteiger partial charge >= 0.3 is 6.03 Å². The number of aromatic nitrogens is 2. The van der Waals surface area contributed by atoms with Crippen LogP contribution in [0.5, 0.6) is 0 Å². The minimum Gasteiger partial charge on any atom is -0.338 e. The number of rotatable bonds is 5. The Morgan fingerprint density at radius 2 is 2.05 bits per heavy atom. The van der Waals surface area contributed by atoms with E-state index in [4.69, 9.17) is 0 Å². The van der Waals surface area contributed by atoms with Crippen LogP contribution in [-0.4, -0.2) is 22.4 Å². The summed E-state index contributed by atoms with van der Waals surface area (Å²) in [6, 6.07) is 7.90. The van der Waals surface area contributed by atoms with Crippen molar-refractivity contribution >= 4 is 6.03 Å². The molecule has 2 amide bonds. The highest BCUT2D eigenvalue weighted by Crippen LogP contribution is 2.21. The van der Waals surface area contributed by atoms with Crippen LogP contribution in [0.3, 0.4) is 0 Å². The third-order valence-electron chi connectivity index (χ3n) is 3.74. The summed E-state index contributed by atoms with van der Waals surface area (Å²) in [5.41, 5.74) is 4.29. The molecule has 0 radical (unpaired) electrons. The monoisotopic (exact) mass is 300 g/mol. The van der Waals surface area contributed by atoms with Crippen LogP contribution in [0.1, 0.15) is 43.1 Å². The van der Waals surface area contributed by atoms with E-state index < -0.39 is 0 Å². The smallest absolute Gasteiger partial charge is 0.315 e. The van der Waals surface area contributed by atoms with Crippen molar-refractivity contribution < 1.29 is 4.79 Å². The predicted octanol–water partition coefficient (Wildman–Crippen LogP) is 3.26. The maximum Gasteiger partial charge on any atom is 0.315 e. The van der Waals surface area contributed by atoms with Gasteiger partial charge in [0.15, 0.2) is 0 Å². The zero-order valence-electron chi connectivity index (χ0n) is 13.7. The molecule has 0 bridgehead atoms. The highest BCUT2D eigenvalue weighted by molar-refractivity contribution is 5.74. The van der Waals surface area contributed by atoms with Crippen LogP contribution >= 0.6 is 0 Å². The van der Waals surface area contributed by atoms with Gasteiger partial charge in [0.1, 0.15) is 0 Å². The molecule has 118 valence electrons. The van der Waals surface area contributed by atoms with Crippen LogP contribution in [0.4, 0.5) is 4.79 Å². The van der Waals surface area contributed by atoms with E-state index in [1.54, 1.807) is 0 Å². The fourth-order valence-electron chi connectivity index (χ4n) is 2.46. The second-order valence-electron chi connectivity index (χ2n) is 5.51. The first-order valence-electron chi connectivity index (χ1n) is 7.69. The topological polar surface area (TPSA) is 59.0 Å². The van der Waals surface area contributed by atoms with E-state index in [1.165, 1.54) is 5.56 Å². The molecule has 1 aromatic heterocycles. The molecule has 5 heteroatoms. The number of hydrogen-bond donors (Lipinski definition) is 2. The standard InChI is InChI=1S/C17H24N4O/c1-5-10-18-17(22)20-13(3)15-11-19-21(14(15)4)16-9-7-6-8-12(16)2/h6-9,11,13H,5,10H2,1-4H3,(H2,18,20,22). The van der Waals surface area contributed by atoms with Crippen molar-refractivity contribution in [2.45, 2.75) is 40.2 Å². The summed E-state index contributed by atoms with van der Waals surface area (Å²) in [5, 5.41) is 10.3. The van der Waals surface area contributed by atoms with E-state index in [1.807, 2.05) is 49.8 Å². The van der Waals surface area contributed by atoms with Crippen LogP contribution in [0, 0.1) is 13.8 Å². The largest absolute Gasteiger partial charge is 0.338 e. The first-order valence-corrected chi connectivity index (χ1v) is 7.69. The first kappa shape index (κ1) is 16.1. The van der Waals surface area contributed by atoms with E-state index in [9.17, 15) is 4.79 Å². The summed E-state index contributed by atoms with van der Waals surface area (Å²) in [7, 11) is 0. The molecular formula is C17H24N4O. The molecule has 0 saturated heterocycles. The van der Waals surface area contributed by atoms with Gasteiger partial charge in [-0.05, 0) is 38.8 Å². The summed E-state index contributed by atoms with van der Waals surface area (Å²) in [6.07, 6.45) is 2.75. The van der Waals surface area contributed by atoms with Crippen molar-refractivity contribution in [2.24, 2.45) is 0 Å². The van der Waals surface area contributed by atoms with Gasteiger partial charge in [-0.15, -0.1) is 0 Å². The Hall–Kier alpha value is -2.30. The summed E-state index contributed by atoms with van der Waals surface area (Å²) in [6.45, 7) is 8.77. The minimum absolute atomic E-state index is 0.0883. The molecule has 0 aliphatic carbocycles. The number of nitrogens with one attached hydrogen (secondary N) is 2. The molecule has 2 N–H and O–H groups in total. The number of carbonyl (C=O) groups excluding carboxylic acids is 1. The zero-order valence-corrected chi connectivity index (χ0v) is 13.7. The molecule has 1 atom stereocenters. The van der Waals surface area contributed by atoms with Crippen molar-refractivity contribution in [3.8, 4) is 5.69 Å². The van der Waals surface area contributed by atoms with Crippen LogP contribution < -0.4 is 10.6 Å². The molecule has 0 saturated carbocycles. The third-order valence-corrected chi connectivity index (χ3v) is 3.74. The lowest BCUT2D eigenvalue weighted by atomic mass is 10.1. The quantitative estimate of drug-likeness (QED) is 0.890. The van der Waals surface area contributed by atoms with Crippen molar-refractivity contribution in [3.63, 3.8) is 0 Å². The van der Waals surface area contributed by atoms with Gasteiger partial charge in [-0.2, -0.15) is 5.10 Å². The lowest BCUT2D eigenvalue weighted by Gasteiger charge is -2.15. The second-order valence-corrected chi connectivity index (χ2v) is 5.51. The maximum absolute atomic E-state index is 11.8. The normalized spacial score (nSPS) is 12.0. The average molecular weight is 300 g/mol. The molecule has 2 rings (SSSR count). The van der Waals surface area contributed by atoms with Crippen LogP contribution in [-0.2, 0) is 0 Å². The predicted molar refractivity (Wildman–Crippen MR) is 88.3 cm³/mol. The van der Waals surface area contributed by atoms with Crippen LogP contribution in [0.2, 0.25) is 0 Å². The number of urea groups is 1. The zero-order chi connectivity index (χ0) is 16.1.